The first-order valence-electron chi connectivity index (χ1n) is 11.2. The summed E-state index contributed by atoms with van der Waals surface area (Å²) in [4.78, 5) is 25.7. The monoisotopic (exact) mass is 467 g/mol. The van der Waals surface area contributed by atoms with Crippen LogP contribution >= 0.6 is 0 Å². The summed E-state index contributed by atoms with van der Waals surface area (Å²) in [6.45, 7) is 2.49. The lowest BCUT2D eigenvalue weighted by Gasteiger charge is -2.37. The number of aromatic nitrogens is 1. The van der Waals surface area contributed by atoms with Crippen molar-refractivity contribution < 1.29 is 28.3 Å². The number of nitrogens with one attached hydrogen (secondary N) is 1. The second kappa shape index (κ2) is 10.4. The number of carboxylic acid groups (broad SMARTS) is 1. The average molecular weight is 467 g/mol. The van der Waals surface area contributed by atoms with Crippen LogP contribution in [0.25, 0.3) is 11.1 Å². The van der Waals surface area contributed by atoms with Gasteiger partial charge in [0.2, 0.25) is 5.88 Å². The van der Waals surface area contributed by atoms with Gasteiger partial charge in [-0.05, 0) is 54.6 Å². The van der Waals surface area contributed by atoms with Gasteiger partial charge in [-0.1, -0.05) is 42.5 Å². The number of nitrogens with zero attached hydrogens (tertiary/aromatic N) is 2. The van der Waals surface area contributed by atoms with Crippen molar-refractivity contribution in [3.63, 3.8) is 0 Å². The highest BCUT2D eigenvalue weighted by atomic mass is 19.1. The minimum atomic E-state index is -0.860. The zero-order valence-electron chi connectivity index (χ0n) is 18.7. The first kappa shape index (κ1) is 23.3. The van der Waals surface area contributed by atoms with E-state index in [2.05, 4.69) is 15.4 Å². The molecule has 4 rings (SSSR count). The molecule has 8 nitrogen and oxygen atoms in total. The molecule has 0 saturated carbocycles. The van der Waals surface area contributed by atoms with Crippen molar-refractivity contribution in [2.24, 2.45) is 0 Å². The lowest BCUT2D eigenvalue weighted by molar-refractivity contribution is -0.137. The number of benzene rings is 2. The molecule has 2 N–H and O–H groups in total. The highest BCUT2D eigenvalue weighted by Crippen LogP contribution is 2.34. The molecule has 1 saturated heterocycles. The van der Waals surface area contributed by atoms with E-state index in [1.54, 1.807) is 19.1 Å². The van der Waals surface area contributed by atoms with E-state index in [1.165, 1.54) is 0 Å². The summed E-state index contributed by atoms with van der Waals surface area (Å²) in [5.74, 6) is -1.85. The molecule has 1 fully saturated rings. The van der Waals surface area contributed by atoms with Crippen LogP contribution in [0.2, 0.25) is 0 Å². The SMILES string of the molecule is CC(OC(=O)Nc1onc(F)c1-c1ccc(N2CCCCC2CC(=O)O)cc1)c1ccccc1. The number of carbonyl (C=O) groups is 2. The summed E-state index contributed by atoms with van der Waals surface area (Å²) in [5, 5.41) is 15.0. The lowest BCUT2D eigenvalue weighted by Crippen LogP contribution is -2.40. The highest BCUT2D eigenvalue weighted by Gasteiger charge is 2.26. The van der Waals surface area contributed by atoms with Gasteiger partial charge in [0.25, 0.3) is 5.95 Å². The number of piperidine rings is 1. The maximum Gasteiger partial charge on any atom is 0.414 e. The molecule has 2 heterocycles. The number of hydrogen-bond acceptors (Lipinski definition) is 6. The van der Waals surface area contributed by atoms with Crippen LogP contribution in [0.3, 0.4) is 0 Å². The van der Waals surface area contributed by atoms with Crippen LogP contribution in [-0.2, 0) is 9.53 Å². The Balaban J connectivity index is 1.48. The fraction of sp³-hybridized carbons (Fsp3) is 0.320. The van der Waals surface area contributed by atoms with Gasteiger partial charge in [-0.3, -0.25) is 10.1 Å². The minimum Gasteiger partial charge on any atom is -0.481 e. The van der Waals surface area contributed by atoms with E-state index >= 15 is 0 Å². The summed E-state index contributed by atoms with van der Waals surface area (Å²) < 4.78 is 24.8. The van der Waals surface area contributed by atoms with Crippen LogP contribution < -0.4 is 10.2 Å². The summed E-state index contributed by atoms with van der Waals surface area (Å²) in [6.07, 6.45) is 1.54. The highest BCUT2D eigenvalue weighted by molar-refractivity contribution is 5.89. The Labute approximate surface area is 196 Å². The van der Waals surface area contributed by atoms with Gasteiger partial charge in [0.15, 0.2) is 0 Å². The van der Waals surface area contributed by atoms with Gasteiger partial charge in [-0.2, -0.15) is 4.39 Å². The third kappa shape index (κ3) is 5.36. The standard InChI is InChI=1S/C25H26FN3O5/c1-16(17-7-3-2-4-8-17)33-25(32)27-24-22(23(26)28-34-24)18-10-12-19(13-11-18)29-14-6-5-9-20(29)15-21(30)31/h2-4,7-8,10-13,16,20H,5-6,9,14-15H2,1H3,(H,27,32)(H,30,31). The first-order valence-corrected chi connectivity index (χ1v) is 11.2. The summed E-state index contributed by atoms with van der Waals surface area (Å²) >= 11 is 0. The second-order valence-electron chi connectivity index (χ2n) is 8.25. The molecule has 0 radical (unpaired) electrons. The van der Waals surface area contributed by atoms with E-state index in [4.69, 9.17) is 9.26 Å². The Kier molecular flexibility index (Phi) is 7.10. The van der Waals surface area contributed by atoms with Crippen LogP contribution in [-0.4, -0.2) is 34.9 Å². The molecule has 0 spiro atoms. The fourth-order valence-electron chi connectivity index (χ4n) is 4.25. The number of carboxylic acids is 1. The molecule has 34 heavy (non-hydrogen) atoms. The number of ether oxygens (including phenoxy) is 1. The van der Waals surface area contributed by atoms with E-state index in [0.29, 0.717) is 5.56 Å². The topological polar surface area (TPSA) is 105 Å². The molecule has 1 aliphatic heterocycles. The van der Waals surface area contributed by atoms with Crippen molar-refractivity contribution in [2.45, 2.75) is 44.8 Å². The average Bonchev–Trinajstić information content (AvgIpc) is 3.19. The number of amides is 1. The molecular weight excluding hydrogens is 441 g/mol. The Morgan fingerprint density at radius 1 is 1.21 bits per heavy atom. The molecule has 3 aromatic rings. The van der Waals surface area contributed by atoms with Crippen molar-refractivity contribution >= 4 is 23.6 Å². The predicted molar refractivity (Wildman–Crippen MR) is 124 cm³/mol. The number of aliphatic carboxylic acids is 1. The number of hydrogen-bond donors (Lipinski definition) is 2. The Morgan fingerprint density at radius 3 is 2.65 bits per heavy atom. The Bertz CT molecular complexity index is 1130. The van der Waals surface area contributed by atoms with Gasteiger partial charge < -0.3 is 19.3 Å². The van der Waals surface area contributed by atoms with Gasteiger partial charge >= 0.3 is 12.1 Å². The third-order valence-corrected chi connectivity index (χ3v) is 5.94. The van der Waals surface area contributed by atoms with E-state index < -0.39 is 24.1 Å². The summed E-state index contributed by atoms with van der Waals surface area (Å²) in [5.41, 5.74) is 2.14. The molecule has 1 amide bonds. The molecule has 178 valence electrons. The number of halogens is 1. The molecule has 2 atom stereocenters. The second-order valence-corrected chi connectivity index (χ2v) is 8.25. The maximum absolute atomic E-state index is 14.5. The lowest BCUT2D eigenvalue weighted by atomic mass is 9.98. The van der Waals surface area contributed by atoms with E-state index in [0.717, 1.165) is 37.1 Å². The molecular formula is C25H26FN3O5. The van der Waals surface area contributed by atoms with Crippen LogP contribution in [0.4, 0.5) is 20.8 Å². The fourth-order valence-corrected chi connectivity index (χ4v) is 4.25. The van der Waals surface area contributed by atoms with Crippen LogP contribution in [0.5, 0.6) is 0 Å². The molecule has 0 aliphatic carbocycles. The van der Waals surface area contributed by atoms with Gasteiger partial charge in [0, 0.05) is 18.3 Å². The molecule has 1 aromatic heterocycles. The van der Waals surface area contributed by atoms with Crippen molar-refractivity contribution in [3.05, 3.63) is 66.1 Å². The van der Waals surface area contributed by atoms with Gasteiger partial charge in [-0.25, -0.2) is 4.79 Å². The minimum absolute atomic E-state index is 0.0107. The van der Waals surface area contributed by atoms with Crippen molar-refractivity contribution in [1.29, 1.82) is 0 Å². The van der Waals surface area contributed by atoms with Crippen LogP contribution in [0.15, 0.2) is 59.1 Å². The van der Waals surface area contributed by atoms with Crippen molar-refractivity contribution in [2.75, 3.05) is 16.8 Å². The zero-order chi connectivity index (χ0) is 24.1. The summed E-state index contributed by atoms with van der Waals surface area (Å²) in [7, 11) is 0. The molecule has 0 bridgehead atoms. The van der Waals surface area contributed by atoms with Crippen LogP contribution in [0.1, 0.15) is 44.3 Å². The molecule has 2 aromatic carbocycles. The number of rotatable bonds is 7. The smallest absolute Gasteiger partial charge is 0.414 e. The van der Waals surface area contributed by atoms with E-state index in [1.807, 2.05) is 42.5 Å². The summed E-state index contributed by atoms with van der Waals surface area (Å²) in [6, 6.07) is 16.1. The van der Waals surface area contributed by atoms with E-state index in [9.17, 15) is 19.1 Å². The largest absolute Gasteiger partial charge is 0.481 e. The molecule has 9 heteroatoms. The zero-order valence-corrected chi connectivity index (χ0v) is 18.7. The number of carbonyl (C=O) groups excluding carboxylic acids is 1. The van der Waals surface area contributed by atoms with E-state index in [-0.39, 0.29) is 23.9 Å². The predicted octanol–water partition coefficient (Wildman–Crippen LogP) is 5.62. The molecule has 1 aliphatic rings. The van der Waals surface area contributed by atoms with Crippen LogP contribution in [0, 0.1) is 5.95 Å². The van der Waals surface area contributed by atoms with Gasteiger partial charge in [0.05, 0.1) is 6.42 Å². The van der Waals surface area contributed by atoms with Gasteiger partial charge in [-0.15, -0.1) is 0 Å². The quantitative estimate of drug-likeness (QED) is 0.464. The Morgan fingerprint density at radius 2 is 1.94 bits per heavy atom. The molecule has 2 unspecified atom stereocenters. The Hall–Kier alpha value is -3.88. The normalized spacial score (nSPS) is 16.6. The van der Waals surface area contributed by atoms with Gasteiger partial charge in [0.1, 0.15) is 11.7 Å². The van der Waals surface area contributed by atoms with Crippen molar-refractivity contribution in [3.8, 4) is 11.1 Å². The third-order valence-electron chi connectivity index (χ3n) is 5.94. The maximum atomic E-state index is 14.5. The number of anilines is 2. The van der Waals surface area contributed by atoms with Crippen molar-refractivity contribution in [1.82, 2.24) is 5.16 Å². The first-order chi connectivity index (χ1) is 16.4.